The first-order valence-electron chi connectivity index (χ1n) is 14.5. The van der Waals surface area contributed by atoms with Crippen molar-refractivity contribution in [3.63, 3.8) is 0 Å². The number of fused-ring (bicyclic) bond motifs is 1. The van der Waals surface area contributed by atoms with E-state index >= 15 is 0 Å². The molecule has 3 heterocycles. The van der Waals surface area contributed by atoms with Crippen molar-refractivity contribution < 1.29 is 32.3 Å². The number of benzene rings is 1. The van der Waals surface area contributed by atoms with Crippen LogP contribution in [0.3, 0.4) is 0 Å². The predicted molar refractivity (Wildman–Crippen MR) is 165 cm³/mol. The minimum Gasteiger partial charge on any atom is -0.496 e. The van der Waals surface area contributed by atoms with Crippen LogP contribution in [0.1, 0.15) is 67.6 Å². The molecule has 1 aliphatic carbocycles. The second-order valence-corrected chi connectivity index (χ2v) is 14.7. The molecule has 1 fully saturated rings. The number of amides is 2. The van der Waals surface area contributed by atoms with E-state index in [9.17, 15) is 22.8 Å². The molecule has 0 radical (unpaired) electrons. The molecule has 2 amide bonds. The first-order valence-corrected chi connectivity index (χ1v) is 16.4. The molecule has 0 bridgehead atoms. The Balaban J connectivity index is 1.71. The fraction of sp³-hybridized carbons (Fsp3) is 0.455. The number of carbonyl (C=O) groups excluding carboxylic acids is 3. The Hall–Kier alpha value is -3.99. The van der Waals surface area contributed by atoms with Crippen molar-refractivity contribution in [3.8, 4) is 17.0 Å². The van der Waals surface area contributed by atoms with Gasteiger partial charge >= 0.3 is 0 Å². The zero-order chi connectivity index (χ0) is 32.3. The van der Waals surface area contributed by atoms with E-state index in [0.29, 0.717) is 53.2 Å². The van der Waals surface area contributed by atoms with Crippen LogP contribution >= 0.6 is 0 Å². The number of allylic oxidation sites excluding steroid dienone is 2. The summed E-state index contributed by atoms with van der Waals surface area (Å²) in [6.45, 7) is 12.0. The lowest BCUT2D eigenvalue weighted by Crippen LogP contribution is -2.57. The van der Waals surface area contributed by atoms with Crippen LogP contribution in [0.15, 0.2) is 53.8 Å². The number of hydrogen-bond donors (Lipinski definition) is 1. The summed E-state index contributed by atoms with van der Waals surface area (Å²) in [5.74, 6) is -1.21. The number of rotatable bonds is 6. The van der Waals surface area contributed by atoms with Crippen LogP contribution in [-0.4, -0.2) is 68.5 Å². The number of ketones is 1. The summed E-state index contributed by atoms with van der Waals surface area (Å²) >= 11 is 0. The van der Waals surface area contributed by atoms with Gasteiger partial charge in [-0.2, -0.15) is 0 Å². The summed E-state index contributed by atoms with van der Waals surface area (Å²) < 4.78 is 37.7. The molecule has 1 saturated heterocycles. The molecule has 11 heteroatoms. The Morgan fingerprint density at radius 3 is 2.52 bits per heavy atom. The molecule has 1 N–H and O–H groups in total. The van der Waals surface area contributed by atoms with E-state index in [1.165, 1.54) is 6.07 Å². The second kappa shape index (κ2) is 11.2. The third kappa shape index (κ3) is 5.65. The number of Topliss-reactive ketones (excluding diaryl/α,β-unsaturated/α-hetero) is 1. The average Bonchev–Trinajstić information content (AvgIpc) is 2.92. The number of nitrogens with one attached hydrogen (secondary N) is 1. The number of hydrogen-bond acceptors (Lipinski definition) is 8. The number of pyridine rings is 1. The van der Waals surface area contributed by atoms with Crippen LogP contribution in [0.4, 0.5) is 0 Å². The highest BCUT2D eigenvalue weighted by Gasteiger charge is 2.54. The molecule has 1 aromatic carbocycles. The average molecular weight is 622 g/mol. The van der Waals surface area contributed by atoms with Gasteiger partial charge < -0.3 is 14.4 Å². The Bertz CT molecular complexity index is 1730. The van der Waals surface area contributed by atoms with Crippen LogP contribution in [0, 0.1) is 18.3 Å². The number of sulfonamides is 1. The Kier molecular flexibility index (Phi) is 7.99. The highest BCUT2D eigenvalue weighted by Crippen LogP contribution is 2.54. The maximum Gasteiger partial charge on any atom is 0.283 e. The van der Waals surface area contributed by atoms with Crippen LogP contribution in [0.2, 0.25) is 0 Å². The zero-order valence-corrected chi connectivity index (χ0v) is 27.0. The van der Waals surface area contributed by atoms with Gasteiger partial charge in [0.2, 0.25) is 15.9 Å². The Morgan fingerprint density at radius 2 is 1.89 bits per heavy atom. The summed E-state index contributed by atoms with van der Waals surface area (Å²) in [7, 11) is -0.471. The molecule has 10 nitrogen and oxygen atoms in total. The maximum absolute atomic E-state index is 14.2. The monoisotopic (exact) mass is 621 g/mol. The molecule has 2 aliphatic heterocycles. The normalized spacial score (nSPS) is 24.7. The van der Waals surface area contributed by atoms with Gasteiger partial charge in [0.25, 0.3) is 5.91 Å². The largest absolute Gasteiger partial charge is 0.496 e. The molecule has 2 aromatic rings. The van der Waals surface area contributed by atoms with E-state index in [1.807, 2.05) is 38.5 Å². The van der Waals surface area contributed by atoms with Crippen molar-refractivity contribution in [1.29, 1.82) is 0 Å². The van der Waals surface area contributed by atoms with Gasteiger partial charge in [-0.25, -0.2) is 18.1 Å². The third-order valence-corrected chi connectivity index (χ3v) is 9.47. The number of aromatic nitrogens is 1. The van der Waals surface area contributed by atoms with E-state index < -0.39 is 33.9 Å². The first kappa shape index (κ1) is 31.4. The van der Waals surface area contributed by atoms with Gasteiger partial charge in [-0.3, -0.25) is 14.4 Å². The van der Waals surface area contributed by atoms with E-state index in [1.54, 1.807) is 37.3 Å². The number of nitrogens with zero attached hydrogens (tertiary/aromatic N) is 2. The van der Waals surface area contributed by atoms with Crippen LogP contribution in [-0.2, 0) is 24.3 Å². The Labute approximate surface area is 258 Å². The lowest BCUT2D eigenvalue weighted by atomic mass is 9.64. The van der Waals surface area contributed by atoms with Crippen molar-refractivity contribution >= 4 is 27.6 Å². The molecule has 0 unspecified atom stereocenters. The molecular formula is C33H39N3O7S. The first-order chi connectivity index (χ1) is 20.5. The van der Waals surface area contributed by atoms with Crippen LogP contribution in [0.25, 0.3) is 11.3 Å². The molecule has 5 rings (SSSR count). The molecule has 44 heavy (non-hydrogen) atoms. The third-order valence-electron chi connectivity index (χ3n) is 8.91. The van der Waals surface area contributed by atoms with Crippen molar-refractivity contribution in [3.05, 3.63) is 70.6 Å². The fourth-order valence-corrected chi connectivity index (χ4v) is 7.42. The summed E-state index contributed by atoms with van der Waals surface area (Å²) in [6, 6.07) is 8.16. The van der Waals surface area contributed by atoms with Gasteiger partial charge in [0.15, 0.2) is 5.78 Å². The van der Waals surface area contributed by atoms with Gasteiger partial charge in [-0.1, -0.05) is 32.1 Å². The minimum absolute atomic E-state index is 0.0541. The lowest BCUT2D eigenvalue weighted by molar-refractivity contribution is -0.151. The van der Waals surface area contributed by atoms with Gasteiger partial charge in [-0.05, 0) is 49.1 Å². The van der Waals surface area contributed by atoms with E-state index in [4.69, 9.17) is 9.47 Å². The molecule has 0 saturated carbocycles. The number of ether oxygens (including phenoxy) is 2. The summed E-state index contributed by atoms with van der Waals surface area (Å²) in [4.78, 5) is 46.9. The van der Waals surface area contributed by atoms with Gasteiger partial charge in [0, 0.05) is 48.9 Å². The topological polar surface area (TPSA) is 132 Å². The van der Waals surface area contributed by atoms with Crippen molar-refractivity contribution in [1.82, 2.24) is 14.6 Å². The number of piperidine rings is 1. The predicted octanol–water partition coefficient (Wildman–Crippen LogP) is 4.30. The van der Waals surface area contributed by atoms with Crippen LogP contribution in [0.5, 0.6) is 5.75 Å². The highest BCUT2D eigenvalue weighted by molar-refractivity contribution is 7.89. The molecular weight excluding hydrogens is 582 g/mol. The molecule has 3 aliphatic rings. The van der Waals surface area contributed by atoms with Crippen molar-refractivity contribution in [2.24, 2.45) is 11.3 Å². The SMILES string of the molecule is C=C(C)[C@@H]1C[C@@H]2OC3=C(C(=O)CC(C)(C)C3)[C@H](c3c(OC)ccc(-c4cccc(C(=O)NS(C)(=O)=O)n4)c3C)[C@H]2C(=O)N1C. The van der Waals surface area contributed by atoms with E-state index in [2.05, 4.69) is 11.6 Å². The lowest BCUT2D eigenvalue weighted by Gasteiger charge is -2.50. The number of carbonyl (C=O) groups is 3. The summed E-state index contributed by atoms with van der Waals surface area (Å²) in [5, 5.41) is 0. The zero-order valence-electron chi connectivity index (χ0n) is 26.2. The Morgan fingerprint density at radius 1 is 1.18 bits per heavy atom. The quantitative estimate of drug-likeness (QED) is 0.473. The van der Waals surface area contributed by atoms with E-state index in [0.717, 1.165) is 17.4 Å². The molecule has 234 valence electrons. The molecule has 4 atom stereocenters. The summed E-state index contributed by atoms with van der Waals surface area (Å²) in [6.07, 6.45) is 1.86. The maximum atomic E-state index is 14.2. The standard InChI is InChI=1S/C33H39N3O7S/c1-17(2)22-14-25-29(32(39)36(22)6)30(28-23(37)15-33(4,5)16-26(28)43-25)27-18(3)19(12-13-24(27)42-7)20-10-9-11-21(34-20)31(38)35-44(8,40)41/h9-13,22,25,29-30H,1,14-16H2,2-8H3,(H,35,38)/t22-,25-,29-,30-/m0/s1. The highest BCUT2D eigenvalue weighted by atomic mass is 32.2. The van der Waals surface area contributed by atoms with Crippen molar-refractivity contribution in [2.45, 2.75) is 65.0 Å². The van der Waals surface area contributed by atoms with E-state index in [-0.39, 0.29) is 28.8 Å². The van der Waals surface area contributed by atoms with Gasteiger partial charge in [-0.15, -0.1) is 0 Å². The van der Waals surface area contributed by atoms with Gasteiger partial charge in [0.05, 0.1) is 31.0 Å². The smallest absolute Gasteiger partial charge is 0.283 e. The minimum atomic E-state index is -3.79. The second-order valence-electron chi connectivity index (χ2n) is 13.0. The number of likely N-dealkylation sites (N-methyl/N-ethyl adjacent to an activating group) is 1. The molecule has 0 spiro atoms. The number of likely N-dealkylation sites (tertiary alicyclic amines) is 1. The molecule has 1 aromatic heterocycles. The fourth-order valence-electron chi connectivity index (χ4n) is 6.98. The number of methoxy groups -OCH3 is 1. The van der Waals surface area contributed by atoms with Gasteiger partial charge in [0.1, 0.15) is 23.3 Å². The van der Waals surface area contributed by atoms with Crippen LogP contribution < -0.4 is 9.46 Å². The summed E-state index contributed by atoms with van der Waals surface area (Å²) in [5.41, 5.74) is 3.50. The van der Waals surface area contributed by atoms with Crippen molar-refractivity contribution in [2.75, 3.05) is 20.4 Å².